The van der Waals surface area contributed by atoms with E-state index in [2.05, 4.69) is 10.6 Å². The van der Waals surface area contributed by atoms with Gasteiger partial charge in [-0.05, 0) is 55.0 Å². The quantitative estimate of drug-likeness (QED) is 0.346. The number of ether oxygens (including phenoxy) is 2. The van der Waals surface area contributed by atoms with Crippen molar-refractivity contribution in [3.8, 4) is 11.5 Å². The van der Waals surface area contributed by atoms with Crippen LogP contribution in [0.2, 0.25) is 5.02 Å². The molecule has 0 atom stereocenters. The number of carbonyl (C=O) groups is 3. The summed E-state index contributed by atoms with van der Waals surface area (Å²) in [5.74, 6) is -0.350. The molecule has 35 heavy (non-hydrogen) atoms. The van der Waals surface area contributed by atoms with Crippen LogP contribution >= 0.6 is 11.6 Å². The Morgan fingerprint density at radius 1 is 1.03 bits per heavy atom. The standard InChI is InChI=1S/C26H22ClN3O5/c1-2-34-22-15-17(14-21-25(32)30(26(33)29-21)19-11-7-4-8-12-19)13-20(27)24(22)35-16-23(31)28-18-9-5-3-6-10-18/h3-15H,2,16H2,1H3,(H,28,31)(H,29,33)/b21-14+. The number of benzene rings is 3. The fourth-order valence-electron chi connectivity index (χ4n) is 3.44. The number of urea groups is 1. The van der Waals surface area contributed by atoms with Crippen molar-refractivity contribution in [3.63, 3.8) is 0 Å². The van der Waals surface area contributed by atoms with Gasteiger partial charge >= 0.3 is 6.03 Å². The first-order valence-corrected chi connectivity index (χ1v) is 11.2. The molecular weight excluding hydrogens is 470 g/mol. The van der Waals surface area contributed by atoms with Crippen molar-refractivity contribution < 1.29 is 23.9 Å². The third kappa shape index (κ3) is 5.62. The van der Waals surface area contributed by atoms with Gasteiger partial charge in [-0.3, -0.25) is 9.59 Å². The Kier molecular flexibility index (Phi) is 7.32. The van der Waals surface area contributed by atoms with Gasteiger partial charge in [-0.15, -0.1) is 0 Å². The molecular formula is C26H22ClN3O5. The van der Waals surface area contributed by atoms with Gasteiger partial charge in [-0.1, -0.05) is 48.0 Å². The second-order valence-corrected chi connectivity index (χ2v) is 7.84. The molecule has 0 aliphatic carbocycles. The van der Waals surface area contributed by atoms with Crippen LogP contribution in [-0.4, -0.2) is 31.1 Å². The van der Waals surface area contributed by atoms with Crippen LogP contribution in [0.25, 0.3) is 6.08 Å². The van der Waals surface area contributed by atoms with E-state index in [1.165, 1.54) is 6.08 Å². The number of anilines is 2. The van der Waals surface area contributed by atoms with Crippen molar-refractivity contribution in [2.75, 3.05) is 23.4 Å². The van der Waals surface area contributed by atoms with E-state index in [-0.39, 0.29) is 29.0 Å². The van der Waals surface area contributed by atoms with Crippen LogP contribution in [0.15, 0.2) is 78.5 Å². The Labute approximate surface area is 207 Å². The SMILES string of the molecule is CCOc1cc(/C=C2/NC(=O)N(c3ccccc3)C2=O)cc(Cl)c1OCC(=O)Nc1ccccc1. The summed E-state index contributed by atoms with van der Waals surface area (Å²) in [7, 11) is 0. The Balaban J connectivity index is 1.53. The minimum atomic E-state index is -0.548. The first-order chi connectivity index (χ1) is 17.0. The van der Waals surface area contributed by atoms with Crippen LogP contribution in [-0.2, 0) is 9.59 Å². The van der Waals surface area contributed by atoms with E-state index >= 15 is 0 Å². The van der Waals surface area contributed by atoms with Gasteiger partial charge in [-0.2, -0.15) is 0 Å². The zero-order valence-corrected chi connectivity index (χ0v) is 19.5. The van der Waals surface area contributed by atoms with Gasteiger partial charge in [0, 0.05) is 5.69 Å². The highest BCUT2D eigenvalue weighted by Crippen LogP contribution is 2.37. The summed E-state index contributed by atoms with van der Waals surface area (Å²) < 4.78 is 11.3. The summed E-state index contributed by atoms with van der Waals surface area (Å²) in [4.78, 5) is 38.6. The number of hydrogen-bond acceptors (Lipinski definition) is 5. The van der Waals surface area contributed by atoms with Crippen molar-refractivity contribution in [2.24, 2.45) is 0 Å². The average molecular weight is 492 g/mol. The minimum absolute atomic E-state index is 0.0910. The number of imide groups is 1. The van der Waals surface area contributed by atoms with Crippen LogP contribution in [0.3, 0.4) is 0 Å². The van der Waals surface area contributed by atoms with Crippen LogP contribution < -0.4 is 25.0 Å². The van der Waals surface area contributed by atoms with Crippen LogP contribution in [0.1, 0.15) is 12.5 Å². The van der Waals surface area contributed by atoms with Gasteiger partial charge in [0.15, 0.2) is 18.1 Å². The zero-order chi connectivity index (χ0) is 24.8. The molecule has 0 spiro atoms. The monoisotopic (exact) mass is 491 g/mol. The summed E-state index contributed by atoms with van der Waals surface area (Å²) in [6.45, 7) is 1.83. The number of hydrogen-bond donors (Lipinski definition) is 2. The van der Waals surface area contributed by atoms with Gasteiger partial charge < -0.3 is 20.1 Å². The molecule has 0 radical (unpaired) electrons. The molecule has 1 aliphatic rings. The summed E-state index contributed by atoms with van der Waals surface area (Å²) in [6, 6.07) is 20.3. The molecule has 0 unspecified atom stereocenters. The molecule has 4 rings (SSSR count). The number of halogens is 1. The first-order valence-electron chi connectivity index (χ1n) is 10.8. The highest BCUT2D eigenvalue weighted by atomic mass is 35.5. The molecule has 0 bridgehead atoms. The molecule has 178 valence electrons. The number of amides is 4. The van der Waals surface area contributed by atoms with Crippen molar-refractivity contribution in [1.29, 1.82) is 0 Å². The Bertz CT molecular complexity index is 1280. The number of nitrogens with zero attached hydrogens (tertiary/aromatic N) is 1. The number of rotatable bonds is 8. The zero-order valence-electron chi connectivity index (χ0n) is 18.8. The molecule has 0 saturated carbocycles. The van der Waals surface area contributed by atoms with E-state index in [1.54, 1.807) is 61.5 Å². The van der Waals surface area contributed by atoms with E-state index in [1.807, 2.05) is 18.2 Å². The third-order valence-electron chi connectivity index (χ3n) is 4.94. The third-order valence-corrected chi connectivity index (χ3v) is 5.22. The largest absolute Gasteiger partial charge is 0.490 e. The molecule has 3 aromatic carbocycles. The predicted molar refractivity (Wildman–Crippen MR) is 134 cm³/mol. The molecule has 3 aromatic rings. The molecule has 0 aromatic heterocycles. The molecule has 4 amide bonds. The van der Waals surface area contributed by atoms with Gasteiger partial charge in [0.2, 0.25) is 0 Å². The van der Waals surface area contributed by atoms with Gasteiger partial charge in [0.05, 0.1) is 17.3 Å². The van der Waals surface area contributed by atoms with E-state index in [0.29, 0.717) is 29.3 Å². The molecule has 9 heteroatoms. The minimum Gasteiger partial charge on any atom is -0.490 e. The predicted octanol–water partition coefficient (Wildman–Crippen LogP) is 4.85. The van der Waals surface area contributed by atoms with Gasteiger partial charge in [0.25, 0.3) is 11.8 Å². The maximum atomic E-state index is 12.9. The fraction of sp³-hybridized carbons (Fsp3) is 0.115. The highest BCUT2D eigenvalue weighted by Gasteiger charge is 2.34. The summed E-state index contributed by atoms with van der Waals surface area (Å²) in [6.07, 6.45) is 1.50. The van der Waals surface area contributed by atoms with Gasteiger partial charge in [0.1, 0.15) is 5.70 Å². The first kappa shape index (κ1) is 23.8. The van der Waals surface area contributed by atoms with E-state index < -0.39 is 11.9 Å². The van der Waals surface area contributed by atoms with Crippen molar-refractivity contribution >= 4 is 46.9 Å². The molecule has 2 N–H and O–H groups in total. The number of carbonyl (C=O) groups excluding carboxylic acids is 3. The molecule has 1 aliphatic heterocycles. The highest BCUT2D eigenvalue weighted by molar-refractivity contribution is 6.32. The van der Waals surface area contributed by atoms with E-state index in [9.17, 15) is 14.4 Å². The van der Waals surface area contributed by atoms with Gasteiger partial charge in [-0.25, -0.2) is 9.69 Å². The molecule has 8 nitrogen and oxygen atoms in total. The average Bonchev–Trinajstić information content (AvgIpc) is 3.12. The Morgan fingerprint density at radius 2 is 1.71 bits per heavy atom. The maximum Gasteiger partial charge on any atom is 0.333 e. The number of para-hydroxylation sites is 2. The Morgan fingerprint density at radius 3 is 2.40 bits per heavy atom. The van der Waals surface area contributed by atoms with Crippen LogP contribution in [0, 0.1) is 0 Å². The lowest BCUT2D eigenvalue weighted by Gasteiger charge is -2.14. The lowest BCUT2D eigenvalue weighted by atomic mass is 10.1. The summed E-state index contributed by atoms with van der Waals surface area (Å²) in [5.41, 5.74) is 1.71. The van der Waals surface area contributed by atoms with Crippen LogP contribution in [0.4, 0.5) is 16.2 Å². The fourth-order valence-corrected chi connectivity index (χ4v) is 3.72. The molecule has 1 heterocycles. The number of nitrogens with one attached hydrogen (secondary N) is 2. The lowest BCUT2D eigenvalue weighted by Crippen LogP contribution is -2.30. The van der Waals surface area contributed by atoms with E-state index in [4.69, 9.17) is 21.1 Å². The summed E-state index contributed by atoms with van der Waals surface area (Å²) in [5, 5.41) is 5.50. The second-order valence-electron chi connectivity index (χ2n) is 7.43. The van der Waals surface area contributed by atoms with E-state index in [0.717, 1.165) is 4.90 Å². The Hall–Kier alpha value is -4.30. The molecule has 1 saturated heterocycles. The second kappa shape index (κ2) is 10.8. The van der Waals surface area contributed by atoms with Crippen LogP contribution in [0.5, 0.6) is 11.5 Å². The van der Waals surface area contributed by atoms with Crippen molar-refractivity contribution in [3.05, 3.63) is 89.1 Å². The smallest absolute Gasteiger partial charge is 0.333 e. The normalized spacial score (nSPS) is 14.1. The topological polar surface area (TPSA) is 97.0 Å². The van der Waals surface area contributed by atoms with Crippen molar-refractivity contribution in [1.82, 2.24) is 5.32 Å². The molecule has 1 fully saturated rings. The maximum absolute atomic E-state index is 12.9. The van der Waals surface area contributed by atoms with Crippen molar-refractivity contribution in [2.45, 2.75) is 6.92 Å². The summed E-state index contributed by atoms with van der Waals surface area (Å²) >= 11 is 6.44. The lowest BCUT2D eigenvalue weighted by molar-refractivity contribution is -0.118.